The number of piperazine rings is 1. The molecule has 2 saturated heterocycles. The average molecular weight is 508 g/mol. The zero-order chi connectivity index (χ0) is 24.7. The van der Waals surface area contributed by atoms with Crippen molar-refractivity contribution in [2.75, 3.05) is 59.3 Å². The lowest BCUT2D eigenvalue weighted by atomic mass is 9.99. The van der Waals surface area contributed by atoms with Crippen LogP contribution in [0.5, 0.6) is 0 Å². The Morgan fingerprint density at radius 1 is 0.778 bits per heavy atom. The first kappa shape index (κ1) is 25.1. The lowest BCUT2D eigenvalue weighted by molar-refractivity contribution is 0.436. The number of hydrogen-bond acceptors (Lipinski definition) is 6. The molecule has 0 radical (unpaired) electrons. The van der Waals surface area contributed by atoms with E-state index in [0.29, 0.717) is 17.1 Å². The van der Waals surface area contributed by atoms with E-state index in [1.807, 2.05) is 0 Å². The monoisotopic (exact) mass is 507 g/mol. The van der Waals surface area contributed by atoms with Crippen molar-refractivity contribution >= 4 is 40.6 Å². The third-order valence-electron chi connectivity index (χ3n) is 7.95. The molecule has 0 spiro atoms. The molecule has 194 valence electrons. The Balaban J connectivity index is 1.30. The molecule has 2 aromatic rings. The van der Waals surface area contributed by atoms with Gasteiger partial charge in [-0.05, 0) is 56.0 Å². The second-order valence-electron chi connectivity index (χ2n) is 10.7. The van der Waals surface area contributed by atoms with Gasteiger partial charge in [0.25, 0.3) is 0 Å². The van der Waals surface area contributed by atoms with Gasteiger partial charge in [-0.15, -0.1) is 0 Å². The Bertz CT molecular complexity index is 977. The molecule has 5 rings (SSSR count). The Hall–Kier alpha value is -2.61. The fourth-order valence-corrected chi connectivity index (χ4v) is 5.88. The van der Waals surface area contributed by atoms with Crippen molar-refractivity contribution in [2.45, 2.75) is 64.3 Å². The molecule has 3 heterocycles. The number of piperidine rings is 1. The second-order valence-corrected chi connectivity index (χ2v) is 11.1. The van der Waals surface area contributed by atoms with Gasteiger partial charge < -0.3 is 25.3 Å². The van der Waals surface area contributed by atoms with Crippen LogP contribution in [0.25, 0.3) is 0 Å². The number of benzene rings is 1. The number of rotatable bonds is 5. The lowest BCUT2D eigenvalue weighted by Gasteiger charge is -2.37. The topological polar surface area (TPSA) is 59.6 Å². The number of para-hydroxylation sites is 1. The van der Waals surface area contributed by atoms with Crippen LogP contribution in [0.4, 0.5) is 23.3 Å². The minimum atomic E-state index is 0.449. The van der Waals surface area contributed by atoms with Crippen LogP contribution in [0.15, 0.2) is 36.4 Å². The van der Waals surface area contributed by atoms with Crippen LogP contribution in [-0.2, 0) is 0 Å². The zero-order valence-electron chi connectivity index (χ0n) is 21.7. The summed E-state index contributed by atoms with van der Waals surface area (Å²) >= 11 is 5.71. The first-order valence-electron chi connectivity index (χ1n) is 13.9. The van der Waals surface area contributed by atoms with E-state index < -0.39 is 0 Å². The molecule has 0 unspecified atom stereocenters. The van der Waals surface area contributed by atoms with Gasteiger partial charge in [-0.1, -0.05) is 50.8 Å². The van der Waals surface area contributed by atoms with E-state index in [2.05, 4.69) is 68.7 Å². The fraction of sp³-hybridized carbons (Fsp3) is 0.607. The molecule has 0 atom stereocenters. The highest BCUT2D eigenvalue weighted by Gasteiger charge is 2.23. The molecule has 2 aliphatic heterocycles. The van der Waals surface area contributed by atoms with E-state index in [0.717, 1.165) is 56.8 Å². The molecule has 0 bridgehead atoms. The Morgan fingerprint density at radius 2 is 1.36 bits per heavy atom. The Labute approximate surface area is 221 Å². The molecular weight excluding hydrogens is 466 g/mol. The van der Waals surface area contributed by atoms with Gasteiger partial charge in [-0.25, -0.2) is 0 Å². The number of nitrogens with zero attached hydrogens (tertiary/aromatic N) is 5. The molecule has 1 aromatic heterocycles. The van der Waals surface area contributed by atoms with Crippen LogP contribution in [0.3, 0.4) is 0 Å². The number of aromatic nitrogens is 2. The van der Waals surface area contributed by atoms with Crippen molar-refractivity contribution in [3.05, 3.63) is 36.4 Å². The average Bonchev–Trinajstić information content (AvgIpc) is 3.18. The van der Waals surface area contributed by atoms with Gasteiger partial charge in [0.15, 0.2) is 5.11 Å². The largest absolute Gasteiger partial charge is 0.368 e. The van der Waals surface area contributed by atoms with E-state index in [1.54, 1.807) is 0 Å². The Kier molecular flexibility index (Phi) is 8.41. The summed E-state index contributed by atoms with van der Waals surface area (Å²) in [5.74, 6) is 3.39. The second kappa shape index (κ2) is 12.1. The summed E-state index contributed by atoms with van der Waals surface area (Å²) in [5.41, 5.74) is 1.29. The van der Waals surface area contributed by atoms with E-state index in [1.165, 1.54) is 57.1 Å². The first-order valence-corrected chi connectivity index (χ1v) is 14.3. The third kappa shape index (κ3) is 6.58. The number of thiocarbonyl (C=S) groups is 1. The summed E-state index contributed by atoms with van der Waals surface area (Å²) in [6.45, 7) is 8.27. The molecule has 7 nitrogen and oxygen atoms in total. The Morgan fingerprint density at radius 3 is 2.00 bits per heavy atom. The summed E-state index contributed by atoms with van der Waals surface area (Å²) < 4.78 is 0. The van der Waals surface area contributed by atoms with Gasteiger partial charge in [0.05, 0.1) is 0 Å². The highest BCUT2D eigenvalue weighted by Crippen LogP contribution is 2.27. The van der Waals surface area contributed by atoms with E-state index in [9.17, 15) is 0 Å². The summed E-state index contributed by atoms with van der Waals surface area (Å²) in [6.07, 6.45) is 10.0. The number of hydrogen-bond donors (Lipinski definition) is 2. The third-order valence-corrected chi connectivity index (χ3v) is 8.17. The molecule has 3 fully saturated rings. The maximum Gasteiger partial charge on any atom is 0.232 e. The first-order chi connectivity index (χ1) is 17.6. The minimum absolute atomic E-state index is 0.449. The molecule has 8 heteroatoms. The van der Waals surface area contributed by atoms with E-state index in [4.69, 9.17) is 22.2 Å². The fourth-order valence-electron chi connectivity index (χ4n) is 5.62. The molecule has 1 saturated carbocycles. The SMILES string of the molecule is CC1CCN(c2cc(N3CCN(c4ccccc4)CC3)nc(NC(=S)NC3CCCCCC3)n2)CC1. The predicted octanol–water partition coefficient (Wildman–Crippen LogP) is 5.05. The highest BCUT2D eigenvalue weighted by molar-refractivity contribution is 7.80. The van der Waals surface area contributed by atoms with Crippen LogP contribution < -0.4 is 25.3 Å². The normalized spacial score (nSPS) is 20.2. The summed E-state index contributed by atoms with van der Waals surface area (Å²) in [4.78, 5) is 17.1. The van der Waals surface area contributed by atoms with Crippen molar-refractivity contribution in [1.82, 2.24) is 15.3 Å². The highest BCUT2D eigenvalue weighted by atomic mass is 32.1. The van der Waals surface area contributed by atoms with Crippen LogP contribution in [0.1, 0.15) is 58.3 Å². The van der Waals surface area contributed by atoms with Gasteiger partial charge in [-0.3, -0.25) is 0 Å². The summed E-state index contributed by atoms with van der Waals surface area (Å²) in [6, 6.07) is 13.3. The maximum absolute atomic E-state index is 5.71. The van der Waals surface area contributed by atoms with Crippen molar-refractivity contribution < 1.29 is 0 Å². The summed E-state index contributed by atoms with van der Waals surface area (Å²) in [5, 5.41) is 7.53. The molecule has 1 aromatic carbocycles. The number of nitrogens with one attached hydrogen (secondary N) is 2. The minimum Gasteiger partial charge on any atom is -0.368 e. The predicted molar refractivity (Wildman–Crippen MR) is 154 cm³/mol. The van der Waals surface area contributed by atoms with Gasteiger partial charge in [-0.2, -0.15) is 9.97 Å². The van der Waals surface area contributed by atoms with Gasteiger partial charge in [0.1, 0.15) is 11.6 Å². The van der Waals surface area contributed by atoms with Gasteiger partial charge in [0, 0.05) is 57.1 Å². The van der Waals surface area contributed by atoms with Crippen LogP contribution in [0.2, 0.25) is 0 Å². The van der Waals surface area contributed by atoms with E-state index >= 15 is 0 Å². The molecule has 1 aliphatic carbocycles. The van der Waals surface area contributed by atoms with Crippen LogP contribution >= 0.6 is 12.2 Å². The zero-order valence-corrected chi connectivity index (χ0v) is 22.5. The molecule has 2 N–H and O–H groups in total. The maximum atomic E-state index is 5.71. The van der Waals surface area contributed by atoms with Crippen molar-refractivity contribution in [3.63, 3.8) is 0 Å². The van der Waals surface area contributed by atoms with Gasteiger partial charge in [0.2, 0.25) is 5.95 Å². The molecular formula is C28H41N7S. The number of anilines is 4. The summed E-state index contributed by atoms with van der Waals surface area (Å²) in [7, 11) is 0. The molecule has 0 amide bonds. The van der Waals surface area contributed by atoms with Crippen molar-refractivity contribution in [1.29, 1.82) is 0 Å². The van der Waals surface area contributed by atoms with E-state index in [-0.39, 0.29) is 0 Å². The van der Waals surface area contributed by atoms with Crippen molar-refractivity contribution in [3.8, 4) is 0 Å². The van der Waals surface area contributed by atoms with Crippen molar-refractivity contribution in [2.24, 2.45) is 5.92 Å². The molecule has 36 heavy (non-hydrogen) atoms. The molecule has 3 aliphatic rings. The van der Waals surface area contributed by atoms with Crippen LogP contribution in [-0.4, -0.2) is 60.4 Å². The quantitative estimate of drug-likeness (QED) is 0.431. The smallest absolute Gasteiger partial charge is 0.232 e. The lowest BCUT2D eigenvalue weighted by Crippen LogP contribution is -2.47. The standard InChI is InChI=1S/C28H41N7S/c1-22-13-15-34(16-14-22)25-21-26(35-19-17-33(18-20-35)24-11-7-4-8-12-24)31-27(30-25)32-28(36)29-23-9-5-2-3-6-10-23/h4,7-8,11-12,21-23H,2-3,5-6,9-10,13-20H2,1H3,(H2,29,30,31,32,36). The van der Waals surface area contributed by atoms with Crippen LogP contribution in [0, 0.1) is 5.92 Å². The van der Waals surface area contributed by atoms with Gasteiger partial charge >= 0.3 is 0 Å².